The molecule has 2 N–H and O–H groups in total. The van der Waals surface area contributed by atoms with Gasteiger partial charge in [0.05, 0.1) is 25.2 Å². The van der Waals surface area contributed by atoms with Gasteiger partial charge in [-0.15, -0.1) is 5.10 Å². The predicted octanol–water partition coefficient (Wildman–Crippen LogP) is 1.86. The Morgan fingerprint density at radius 3 is 2.63 bits per heavy atom. The molecular formula is C20H24N4O5S. The van der Waals surface area contributed by atoms with E-state index in [1.54, 1.807) is 6.21 Å². The number of carboxylic acids is 1. The van der Waals surface area contributed by atoms with E-state index in [1.807, 2.05) is 31.2 Å². The number of carbonyl (C=O) groups excluding carboxylic acids is 2. The molecule has 0 radical (unpaired) electrons. The molecule has 0 aliphatic carbocycles. The molecule has 1 aromatic carbocycles. The highest BCUT2D eigenvalue weighted by atomic mass is 32.2. The maximum Gasteiger partial charge on any atom is 0.309 e. The fourth-order valence-electron chi connectivity index (χ4n) is 3.30. The van der Waals surface area contributed by atoms with Gasteiger partial charge in [-0.2, -0.15) is 5.10 Å². The van der Waals surface area contributed by atoms with Crippen LogP contribution in [-0.2, 0) is 19.1 Å². The van der Waals surface area contributed by atoms with Crippen molar-refractivity contribution in [3.8, 4) is 0 Å². The fourth-order valence-corrected chi connectivity index (χ4v) is 4.21. The average molecular weight is 433 g/mol. The molecule has 1 aromatic rings. The summed E-state index contributed by atoms with van der Waals surface area (Å²) in [4.78, 5) is 36.5. The van der Waals surface area contributed by atoms with Crippen molar-refractivity contribution in [3.05, 3.63) is 29.8 Å². The Morgan fingerprint density at radius 2 is 2.00 bits per heavy atom. The molecule has 2 aliphatic heterocycles. The molecule has 0 bridgehead atoms. The van der Waals surface area contributed by atoms with Crippen LogP contribution in [0.2, 0.25) is 0 Å². The number of carboxylic acid groups (broad SMARTS) is 1. The van der Waals surface area contributed by atoms with Crippen molar-refractivity contribution in [2.45, 2.75) is 31.4 Å². The topological polar surface area (TPSA) is 121 Å². The van der Waals surface area contributed by atoms with Crippen LogP contribution in [0, 0.1) is 5.92 Å². The van der Waals surface area contributed by atoms with E-state index in [9.17, 15) is 14.4 Å². The monoisotopic (exact) mass is 432 g/mol. The van der Waals surface area contributed by atoms with Crippen molar-refractivity contribution in [3.63, 3.8) is 0 Å². The Bertz CT molecular complexity index is 847. The molecule has 10 heteroatoms. The van der Waals surface area contributed by atoms with Gasteiger partial charge < -0.3 is 20.1 Å². The summed E-state index contributed by atoms with van der Waals surface area (Å²) in [6.45, 7) is 3.85. The van der Waals surface area contributed by atoms with E-state index < -0.39 is 11.2 Å². The van der Waals surface area contributed by atoms with Crippen molar-refractivity contribution < 1.29 is 24.2 Å². The predicted molar refractivity (Wildman–Crippen MR) is 115 cm³/mol. The van der Waals surface area contributed by atoms with Gasteiger partial charge in [-0.3, -0.25) is 14.4 Å². The lowest BCUT2D eigenvalue weighted by Gasteiger charge is -2.32. The van der Waals surface area contributed by atoms with Gasteiger partial charge in [0.1, 0.15) is 5.25 Å². The van der Waals surface area contributed by atoms with Gasteiger partial charge in [0.15, 0.2) is 5.17 Å². The van der Waals surface area contributed by atoms with Crippen LogP contribution in [0.3, 0.4) is 0 Å². The number of piperidine rings is 1. The number of anilines is 1. The summed E-state index contributed by atoms with van der Waals surface area (Å²) >= 11 is 1.06. The molecule has 160 valence electrons. The molecule has 3 rings (SSSR count). The first kappa shape index (κ1) is 21.8. The Balaban J connectivity index is 1.51. The lowest BCUT2D eigenvalue weighted by molar-refractivity contribution is -0.148. The normalized spacial score (nSPS) is 21.2. The van der Waals surface area contributed by atoms with Gasteiger partial charge >= 0.3 is 11.9 Å². The second-order valence-electron chi connectivity index (χ2n) is 6.95. The number of thioether (sulfide) groups is 1. The zero-order chi connectivity index (χ0) is 21.5. The van der Waals surface area contributed by atoms with Crippen LogP contribution in [0.5, 0.6) is 0 Å². The quantitative estimate of drug-likeness (QED) is 0.383. The van der Waals surface area contributed by atoms with E-state index in [0.29, 0.717) is 11.8 Å². The molecule has 1 unspecified atom stereocenters. The van der Waals surface area contributed by atoms with Crippen LogP contribution in [-0.4, -0.2) is 59.3 Å². The van der Waals surface area contributed by atoms with E-state index in [1.165, 1.54) is 0 Å². The second-order valence-corrected chi connectivity index (χ2v) is 8.14. The Kier molecular flexibility index (Phi) is 7.45. The van der Waals surface area contributed by atoms with Crippen molar-refractivity contribution in [2.24, 2.45) is 16.1 Å². The Morgan fingerprint density at radius 1 is 1.30 bits per heavy atom. The number of amides is 1. The van der Waals surface area contributed by atoms with Gasteiger partial charge in [0.2, 0.25) is 5.91 Å². The Hall–Kier alpha value is -2.88. The lowest BCUT2D eigenvalue weighted by atomic mass is 9.96. The molecular weight excluding hydrogens is 408 g/mol. The summed E-state index contributed by atoms with van der Waals surface area (Å²) in [6, 6.07) is 7.83. The molecule has 2 fully saturated rings. The molecule has 0 spiro atoms. The second kappa shape index (κ2) is 10.2. The highest BCUT2D eigenvalue weighted by molar-refractivity contribution is 8.15. The standard InChI is InChI=1S/C20H24N4O5S/c1-2-29-19(28)14-7-9-24(10-8-14)15-5-3-13(4-6-15)12-21-23-20-22-18(27)16(30-20)11-17(25)26/h3-6,12,14,16H,2,7-11H2,1H3,(H,25,26)(H,22,23,27). The minimum atomic E-state index is -1.03. The minimum absolute atomic E-state index is 0.0178. The highest BCUT2D eigenvalue weighted by Gasteiger charge is 2.32. The number of nitrogens with one attached hydrogen (secondary N) is 1. The molecule has 2 saturated heterocycles. The largest absolute Gasteiger partial charge is 0.481 e. The smallest absolute Gasteiger partial charge is 0.309 e. The van der Waals surface area contributed by atoms with Gasteiger partial charge in [0.25, 0.3) is 0 Å². The third-order valence-corrected chi connectivity index (χ3v) is 5.94. The summed E-state index contributed by atoms with van der Waals surface area (Å²) < 4.78 is 5.11. The van der Waals surface area contributed by atoms with Crippen LogP contribution >= 0.6 is 11.8 Å². The van der Waals surface area contributed by atoms with E-state index in [0.717, 1.165) is 48.9 Å². The summed E-state index contributed by atoms with van der Waals surface area (Å²) in [5, 5.41) is 18.9. The zero-order valence-corrected chi connectivity index (χ0v) is 17.4. The molecule has 30 heavy (non-hydrogen) atoms. The number of hydrogen-bond donors (Lipinski definition) is 2. The van der Waals surface area contributed by atoms with Crippen LogP contribution in [0.1, 0.15) is 31.7 Å². The van der Waals surface area contributed by atoms with Gasteiger partial charge in [-0.25, -0.2) is 0 Å². The molecule has 1 atom stereocenters. The molecule has 2 heterocycles. The highest BCUT2D eigenvalue weighted by Crippen LogP contribution is 2.25. The van der Waals surface area contributed by atoms with E-state index in [2.05, 4.69) is 20.4 Å². The summed E-state index contributed by atoms with van der Waals surface area (Å²) in [7, 11) is 0. The average Bonchev–Trinajstić information content (AvgIpc) is 3.07. The minimum Gasteiger partial charge on any atom is -0.481 e. The fraction of sp³-hybridized carbons (Fsp3) is 0.450. The number of nitrogens with zero attached hydrogens (tertiary/aromatic N) is 3. The van der Waals surface area contributed by atoms with Crippen LogP contribution < -0.4 is 10.2 Å². The molecule has 9 nitrogen and oxygen atoms in total. The summed E-state index contributed by atoms with van der Waals surface area (Å²) in [6.07, 6.45) is 2.89. The van der Waals surface area contributed by atoms with Crippen molar-refractivity contribution in [2.75, 3.05) is 24.6 Å². The zero-order valence-electron chi connectivity index (χ0n) is 16.6. The number of amidine groups is 1. The SMILES string of the molecule is CCOC(=O)C1CCN(c2ccc(C=NN=C3NC(=O)C(CC(=O)O)S3)cc2)CC1. The maximum atomic E-state index is 11.8. The number of hydrogen-bond acceptors (Lipinski definition) is 8. The first-order chi connectivity index (χ1) is 14.5. The number of carbonyl (C=O) groups is 3. The van der Waals surface area contributed by atoms with Crippen LogP contribution in [0.4, 0.5) is 5.69 Å². The number of aliphatic carboxylic acids is 1. The van der Waals surface area contributed by atoms with Crippen molar-refractivity contribution >= 4 is 46.7 Å². The summed E-state index contributed by atoms with van der Waals surface area (Å²) in [5.74, 6) is -1.52. The first-order valence-electron chi connectivity index (χ1n) is 9.78. The third kappa shape index (κ3) is 5.82. The molecule has 0 aromatic heterocycles. The summed E-state index contributed by atoms with van der Waals surface area (Å²) in [5.41, 5.74) is 1.93. The molecule has 2 aliphatic rings. The van der Waals surface area contributed by atoms with E-state index >= 15 is 0 Å². The molecule has 0 saturated carbocycles. The number of esters is 1. The van der Waals surface area contributed by atoms with Crippen LogP contribution in [0.25, 0.3) is 0 Å². The van der Waals surface area contributed by atoms with Gasteiger partial charge in [0, 0.05) is 18.8 Å². The maximum absolute atomic E-state index is 11.8. The number of rotatable bonds is 7. The van der Waals surface area contributed by atoms with Crippen LogP contribution in [0.15, 0.2) is 34.5 Å². The first-order valence-corrected chi connectivity index (χ1v) is 10.7. The lowest BCUT2D eigenvalue weighted by Crippen LogP contribution is -2.36. The van der Waals surface area contributed by atoms with E-state index in [4.69, 9.17) is 9.84 Å². The number of ether oxygens (including phenoxy) is 1. The van der Waals surface area contributed by atoms with Crippen molar-refractivity contribution in [1.29, 1.82) is 0 Å². The number of benzene rings is 1. The van der Waals surface area contributed by atoms with E-state index in [-0.39, 0.29) is 24.2 Å². The van der Waals surface area contributed by atoms with Gasteiger partial charge in [-0.05, 0) is 37.5 Å². The molecule has 1 amide bonds. The van der Waals surface area contributed by atoms with Gasteiger partial charge in [-0.1, -0.05) is 23.9 Å². The van der Waals surface area contributed by atoms with Crippen molar-refractivity contribution in [1.82, 2.24) is 5.32 Å². The third-order valence-electron chi connectivity index (χ3n) is 4.86. The Labute approximate surface area is 178 Å².